The molecule has 0 bridgehead atoms. The predicted octanol–water partition coefficient (Wildman–Crippen LogP) is 2.98. The second-order valence-corrected chi connectivity index (χ2v) is 6.18. The van der Waals surface area contributed by atoms with Gasteiger partial charge in [-0.3, -0.25) is 4.79 Å². The van der Waals surface area contributed by atoms with Gasteiger partial charge in [0.05, 0.1) is 0 Å². The van der Waals surface area contributed by atoms with Gasteiger partial charge in [0.2, 0.25) is 5.89 Å². The van der Waals surface area contributed by atoms with Crippen LogP contribution in [0.25, 0.3) is 11.5 Å². The molecule has 1 aliphatic rings. The summed E-state index contributed by atoms with van der Waals surface area (Å²) in [6.45, 7) is 2.19. The molecular formula is C19H16F2N4O2. The first-order chi connectivity index (χ1) is 13.1. The van der Waals surface area contributed by atoms with Crippen molar-refractivity contribution < 1.29 is 18.0 Å². The Balaban J connectivity index is 1.42. The molecule has 4 rings (SSSR count). The number of hydrogen-bond donors (Lipinski definition) is 0. The molecule has 0 saturated carbocycles. The van der Waals surface area contributed by atoms with E-state index in [1.54, 1.807) is 23.1 Å². The highest BCUT2D eigenvalue weighted by Gasteiger charge is 2.26. The van der Waals surface area contributed by atoms with Gasteiger partial charge >= 0.3 is 11.8 Å². The topological polar surface area (TPSA) is 62.5 Å². The zero-order valence-electron chi connectivity index (χ0n) is 14.3. The van der Waals surface area contributed by atoms with Gasteiger partial charge in [0, 0.05) is 37.4 Å². The molecule has 0 radical (unpaired) electrons. The Labute approximate surface area is 154 Å². The number of carbonyl (C=O) groups excluding carboxylic acids is 1. The van der Waals surface area contributed by atoms with Crippen molar-refractivity contribution in [3.8, 4) is 11.5 Å². The van der Waals surface area contributed by atoms with Gasteiger partial charge in [-0.25, -0.2) is 8.78 Å². The zero-order chi connectivity index (χ0) is 18.8. The molecule has 3 aromatic rings. The summed E-state index contributed by atoms with van der Waals surface area (Å²) in [5, 5.41) is 7.64. The first-order valence-corrected chi connectivity index (χ1v) is 8.49. The van der Waals surface area contributed by atoms with Crippen molar-refractivity contribution in [2.45, 2.75) is 0 Å². The van der Waals surface area contributed by atoms with Crippen LogP contribution in [-0.2, 0) is 0 Å². The molecule has 1 aliphatic heterocycles. The monoisotopic (exact) mass is 370 g/mol. The molecule has 2 aromatic carbocycles. The van der Waals surface area contributed by atoms with Crippen LogP contribution in [0.4, 0.5) is 14.5 Å². The van der Waals surface area contributed by atoms with Crippen LogP contribution < -0.4 is 4.90 Å². The van der Waals surface area contributed by atoms with E-state index in [-0.39, 0.29) is 23.5 Å². The summed E-state index contributed by atoms with van der Waals surface area (Å²) in [5.74, 6) is -1.08. The van der Waals surface area contributed by atoms with Gasteiger partial charge in [-0.05, 0) is 42.5 Å². The smallest absolute Gasteiger partial charge is 0.311 e. The van der Waals surface area contributed by atoms with E-state index in [1.165, 1.54) is 30.3 Å². The number of benzene rings is 2. The Hall–Kier alpha value is -3.29. The van der Waals surface area contributed by atoms with Gasteiger partial charge in [0.15, 0.2) is 0 Å². The predicted molar refractivity (Wildman–Crippen MR) is 94.2 cm³/mol. The molecule has 2 heterocycles. The molecule has 0 aliphatic carbocycles. The Morgan fingerprint density at radius 3 is 2.37 bits per heavy atom. The SMILES string of the molecule is O=C(c1nnc(-c2cccc(F)c2)o1)N1CCN(c2ccc(F)cc2)CC1. The lowest BCUT2D eigenvalue weighted by atomic mass is 10.2. The van der Waals surface area contributed by atoms with Crippen molar-refractivity contribution in [2.24, 2.45) is 0 Å². The number of amides is 1. The van der Waals surface area contributed by atoms with E-state index >= 15 is 0 Å². The minimum Gasteiger partial charge on any atom is -0.412 e. The zero-order valence-corrected chi connectivity index (χ0v) is 14.3. The lowest BCUT2D eigenvalue weighted by molar-refractivity contribution is 0.0707. The molecule has 6 nitrogen and oxygen atoms in total. The van der Waals surface area contributed by atoms with E-state index in [0.29, 0.717) is 31.7 Å². The third-order valence-electron chi connectivity index (χ3n) is 4.44. The number of rotatable bonds is 3. The summed E-state index contributed by atoms with van der Waals surface area (Å²) in [6.07, 6.45) is 0. The number of piperazine rings is 1. The fraction of sp³-hybridized carbons (Fsp3) is 0.211. The highest BCUT2D eigenvalue weighted by atomic mass is 19.1. The lowest BCUT2D eigenvalue weighted by Crippen LogP contribution is -2.48. The molecular weight excluding hydrogens is 354 g/mol. The number of nitrogens with zero attached hydrogens (tertiary/aromatic N) is 4. The van der Waals surface area contributed by atoms with Crippen molar-refractivity contribution in [2.75, 3.05) is 31.1 Å². The molecule has 1 saturated heterocycles. The maximum Gasteiger partial charge on any atom is 0.311 e. The van der Waals surface area contributed by atoms with Gasteiger partial charge in [-0.15, -0.1) is 10.2 Å². The summed E-state index contributed by atoms with van der Waals surface area (Å²) in [4.78, 5) is 16.3. The second kappa shape index (κ2) is 7.14. The molecule has 1 amide bonds. The Kier molecular flexibility index (Phi) is 4.53. The minimum atomic E-state index is -0.421. The van der Waals surface area contributed by atoms with E-state index in [2.05, 4.69) is 15.1 Å². The van der Waals surface area contributed by atoms with Gasteiger partial charge in [-0.1, -0.05) is 6.07 Å². The van der Waals surface area contributed by atoms with Crippen LogP contribution in [0.15, 0.2) is 52.9 Å². The van der Waals surface area contributed by atoms with Crippen molar-refractivity contribution in [3.05, 3.63) is 66.1 Å². The molecule has 27 heavy (non-hydrogen) atoms. The molecule has 0 N–H and O–H groups in total. The summed E-state index contributed by atoms with van der Waals surface area (Å²) in [5.41, 5.74) is 1.33. The van der Waals surface area contributed by atoms with Crippen molar-refractivity contribution in [3.63, 3.8) is 0 Å². The molecule has 1 fully saturated rings. The third kappa shape index (κ3) is 3.64. The average molecular weight is 370 g/mol. The lowest BCUT2D eigenvalue weighted by Gasteiger charge is -2.35. The number of hydrogen-bond acceptors (Lipinski definition) is 5. The van der Waals surface area contributed by atoms with Crippen LogP contribution in [0.3, 0.4) is 0 Å². The second-order valence-electron chi connectivity index (χ2n) is 6.18. The Morgan fingerprint density at radius 2 is 1.67 bits per heavy atom. The van der Waals surface area contributed by atoms with Gasteiger partial charge < -0.3 is 14.2 Å². The van der Waals surface area contributed by atoms with E-state index in [4.69, 9.17) is 4.42 Å². The first-order valence-electron chi connectivity index (χ1n) is 8.49. The van der Waals surface area contributed by atoms with Crippen LogP contribution in [0, 0.1) is 11.6 Å². The quantitative estimate of drug-likeness (QED) is 0.709. The number of carbonyl (C=O) groups is 1. The highest BCUT2D eigenvalue weighted by Crippen LogP contribution is 2.21. The van der Waals surface area contributed by atoms with Crippen molar-refractivity contribution >= 4 is 11.6 Å². The normalized spacial score (nSPS) is 14.4. The maximum absolute atomic E-state index is 13.3. The standard InChI is InChI=1S/C19H16F2N4O2/c20-14-4-6-16(7-5-14)24-8-10-25(11-9-24)19(26)18-23-22-17(27-18)13-2-1-3-15(21)12-13/h1-7,12H,8-11H2. The van der Waals surface area contributed by atoms with E-state index in [9.17, 15) is 13.6 Å². The van der Waals surface area contributed by atoms with E-state index in [0.717, 1.165) is 5.69 Å². The molecule has 0 unspecified atom stereocenters. The Bertz CT molecular complexity index is 950. The first kappa shape index (κ1) is 17.1. The third-order valence-corrected chi connectivity index (χ3v) is 4.44. The summed E-state index contributed by atoms with van der Waals surface area (Å²) in [7, 11) is 0. The van der Waals surface area contributed by atoms with Crippen molar-refractivity contribution in [1.82, 2.24) is 15.1 Å². The largest absolute Gasteiger partial charge is 0.412 e. The summed E-state index contributed by atoms with van der Waals surface area (Å²) in [6, 6.07) is 12.0. The summed E-state index contributed by atoms with van der Waals surface area (Å²) < 4.78 is 31.8. The van der Waals surface area contributed by atoms with E-state index in [1.807, 2.05) is 0 Å². The van der Waals surface area contributed by atoms with Crippen LogP contribution in [-0.4, -0.2) is 47.2 Å². The maximum atomic E-state index is 13.3. The molecule has 0 spiro atoms. The van der Waals surface area contributed by atoms with Gasteiger partial charge in [-0.2, -0.15) is 0 Å². The Morgan fingerprint density at radius 1 is 0.926 bits per heavy atom. The highest BCUT2D eigenvalue weighted by molar-refractivity contribution is 5.90. The van der Waals surface area contributed by atoms with Gasteiger partial charge in [0.1, 0.15) is 11.6 Å². The van der Waals surface area contributed by atoms with Crippen molar-refractivity contribution in [1.29, 1.82) is 0 Å². The minimum absolute atomic E-state index is 0.0998. The number of halogens is 2. The fourth-order valence-corrected chi connectivity index (χ4v) is 3.00. The van der Waals surface area contributed by atoms with Crippen LogP contribution in [0.2, 0.25) is 0 Å². The van der Waals surface area contributed by atoms with Crippen LogP contribution >= 0.6 is 0 Å². The molecule has 0 atom stereocenters. The van der Waals surface area contributed by atoms with Crippen LogP contribution in [0.5, 0.6) is 0 Å². The average Bonchev–Trinajstić information content (AvgIpc) is 3.18. The fourth-order valence-electron chi connectivity index (χ4n) is 3.00. The number of anilines is 1. The summed E-state index contributed by atoms with van der Waals surface area (Å²) >= 11 is 0. The number of aromatic nitrogens is 2. The van der Waals surface area contributed by atoms with Gasteiger partial charge in [0.25, 0.3) is 0 Å². The van der Waals surface area contributed by atoms with E-state index < -0.39 is 5.82 Å². The molecule has 1 aromatic heterocycles. The molecule has 138 valence electrons. The van der Waals surface area contributed by atoms with Crippen LogP contribution in [0.1, 0.15) is 10.7 Å². The molecule has 8 heteroatoms.